The molecule has 130 valence electrons. The van der Waals surface area contributed by atoms with Crippen LogP contribution >= 0.6 is 0 Å². The van der Waals surface area contributed by atoms with Gasteiger partial charge in [-0.15, -0.1) is 0 Å². The van der Waals surface area contributed by atoms with Crippen molar-refractivity contribution < 1.29 is 4.79 Å². The van der Waals surface area contributed by atoms with E-state index in [0.717, 1.165) is 43.5 Å². The SMILES string of the molecule is Cc1nc(NC(=O)CC2CCCc3ccccc32)nc2c1CCCC2. The fourth-order valence-corrected chi connectivity index (χ4v) is 4.30. The first-order chi connectivity index (χ1) is 12.2. The van der Waals surface area contributed by atoms with Crippen molar-refractivity contribution in [2.75, 3.05) is 5.32 Å². The molecule has 0 bridgehead atoms. The normalized spacial score (nSPS) is 19.0. The van der Waals surface area contributed by atoms with Crippen LogP contribution in [0.3, 0.4) is 0 Å². The van der Waals surface area contributed by atoms with Gasteiger partial charge in [0.15, 0.2) is 0 Å². The van der Waals surface area contributed by atoms with Gasteiger partial charge in [0, 0.05) is 17.8 Å². The molecule has 0 fully saturated rings. The summed E-state index contributed by atoms with van der Waals surface area (Å²) in [5.74, 6) is 0.813. The van der Waals surface area contributed by atoms with Crippen molar-refractivity contribution in [3.63, 3.8) is 0 Å². The second-order valence-corrected chi connectivity index (χ2v) is 7.31. The largest absolute Gasteiger partial charge is 0.294 e. The summed E-state index contributed by atoms with van der Waals surface area (Å²) in [6.45, 7) is 2.03. The second kappa shape index (κ2) is 6.95. The number of hydrogen-bond donors (Lipinski definition) is 1. The van der Waals surface area contributed by atoms with Crippen LogP contribution in [0.1, 0.15) is 66.1 Å². The summed E-state index contributed by atoms with van der Waals surface area (Å²) in [5.41, 5.74) is 6.16. The molecular weight excluding hydrogens is 310 g/mol. The maximum absolute atomic E-state index is 12.6. The van der Waals surface area contributed by atoms with Gasteiger partial charge in [-0.2, -0.15) is 0 Å². The van der Waals surface area contributed by atoms with E-state index >= 15 is 0 Å². The number of anilines is 1. The summed E-state index contributed by atoms with van der Waals surface area (Å²) in [4.78, 5) is 21.7. The van der Waals surface area contributed by atoms with Gasteiger partial charge in [-0.3, -0.25) is 10.1 Å². The average Bonchev–Trinajstić information content (AvgIpc) is 2.62. The number of nitrogens with one attached hydrogen (secondary N) is 1. The van der Waals surface area contributed by atoms with Gasteiger partial charge in [0.25, 0.3) is 0 Å². The number of carbonyl (C=O) groups excluding carboxylic acids is 1. The van der Waals surface area contributed by atoms with Gasteiger partial charge in [0.05, 0.1) is 0 Å². The lowest BCUT2D eigenvalue weighted by Crippen LogP contribution is -2.21. The highest BCUT2D eigenvalue weighted by molar-refractivity contribution is 5.89. The fourth-order valence-electron chi connectivity index (χ4n) is 4.30. The van der Waals surface area contributed by atoms with Crippen LogP contribution in [0.15, 0.2) is 24.3 Å². The lowest BCUT2D eigenvalue weighted by Gasteiger charge is -2.25. The molecule has 1 N–H and O–H groups in total. The Morgan fingerprint density at radius 1 is 1.12 bits per heavy atom. The third-order valence-electron chi connectivity index (χ3n) is 5.57. The zero-order valence-corrected chi connectivity index (χ0v) is 14.8. The molecule has 4 rings (SSSR count). The lowest BCUT2D eigenvalue weighted by atomic mass is 9.81. The maximum Gasteiger partial charge on any atom is 0.229 e. The van der Waals surface area contributed by atoms with Gasteiger partial charge in [-0.25, -0.2) is 9.97 Å². The van der Waals surface area contributed by atoms with Crippen LogP contribution in [-0.4, -0.2) is 15.9 Å². The topological polar surface area (TPSA) is 54.9 Å². The Morgan fingerprint density at radius 3 is 2.88 bits per heavy atom. The number of carbonyl (C=O) groups is 1. The second-order valence-electron chi connectivity index (χ2n) is 7.31. The van der Waals surface area contributed by atoms with Crippen LogP contribution < -0.4 is 5.32 Å². The number of fused-ring (bicyclic) bond motifs is 2. The molecule has 0 spiro atoms. The predicted molar refractivity (Wildman–Crippen MR) is 98.8 cm³/mol. The molecule has 1 aromatic carbocycles. The highest BCUT2D eigenvalue weighted by Crippen LogP contribution is 2.34. The van der Waals surface area contributed by atoms with Crippen molar-refractivity contribution in [3.05, 3.63) is 52.3 Å². The number of nitrogens with zero attached hydrogens (tertiary/aromatic N) is 2. The number of amides is 1. The van der Waals surface area contributed by atoms with E-state index in [1.165, 1.54) is 29.5 Å². The molecule has 1 atom stereocenters. The van der Waals surface area contributed by atoms with Crippen LogP contribution in [0.4, 0.5) is 5.95 Å². The van der Waals surface area contributed by atoms with Crippen molar-refractivity contribution >= 4 is 11.9 Å². The van der Waals surface area contributed by atoms with Crippen molar-refractivity contribution in [1.82, 2.24) is 9.97 Å². The third kappa shape index (κ3) is 3.44. The third-order valence-corrected chi connectivity index (χ3v) is 5.57. The van der Waals surface area contributed by atoms with Gasteiger partial charge in [-0.1, -0.05) is 24.3 Å². The molecule has 4 nitrogen and oxygen atoms in total. The summed E-state index contributed by atoms with van der Waals surface area (Å²) in [5, 5.41) is 2.95. The molecule has 25 heavy (non-hydrogen) atoms. The van der Waals surface area contributed by atoms with Gasteiger partial charge in [0.2, 0.25) is 11.9 Å². The standard InChI is InChI=1S/C21H25N3O/c1-14-17-10-4-5-12-19(17)23-21(22-14)24-20(25)13-16-9-6-8-15-7-2-3-11-18(15)16/h2-3,7,11,16H,4-6,8-10,12-13H2,1H3,(H,22,23,24,25). The minimum Gasteiger partial charge on any atom is -0.294 e. The summed E-state index contributed by atoms with van der Waals surface area (Å²) in [6.07, 6.45) is 8.32. The van der Waals surface area contributed by atoms with E-state index in [1.807, 2.05) is 6.92 Å². The highest BCUT2D eigenvalue weighted by Gasteiger charge is 2.23. The molecule has 0 saturated carbocycles. The Kier molecular flexibility index (Phi) is 4.51. The zero-order valence-electron chi connectivity index (χ0n) is 14.8. The minimum absolute atomic E-state index is 0.0249. The van der Waals surface area contributed by atoms with E-state index in [4.69, 9.17) is 0 Å². The van der Waals surface area contributed by atoms with E-state index in [1.54, 1.807) is 0 Å². The van der Waals surface area contributed by atoms with Crippen molar-refractivity contribution in [1.29, 1.82) is 0 Å². The molecule has 2 aliphatic carbocycles. The molecular formula is C21H25N3O. The molecule has 1 amide bonds. The first-order valence-electron chi connectivity index (χ1n) is 9.45. The van der Waals surface area contributed by atoms with E-state index in [2.05, 4.69) is 39.6 Å². The van der Waals surface area contributed by atoms with Gasteiger partial charge < -0.3 is 0 Å². The molecule has 1 unspecified atom stereocenters. The predicted octanol–water partition coefficient (Wildman–Crippen LogP) is 4.11. The Morgan fingerprint density at radius 2 is 1.96 bits per heavy atom. The van der Waals surface area contributed by atoms with E-state index in [0.29, 0.717) is 18.3 Å². The van der Waals surface area contributed by atoms with Gasteiger partial charge in [0.1, 0.15) is 0 Å². The number of aryl methyl sites for hydroxylation is 3. The highest BCUT2D eigenvalue weighted by atomic mass is 16.1. The minimum atomic E-state index is 0.0249. The first kappa shape index (κ1) is 16.2. The molecule has 1 aromatic heterocycles. The maximum atomic E-state index is 12.6. The number of hydrogen-bond acceptors (Lipinski definition) is 3. The smallest absolute Gasteiger partial charge is 0.229 e. The summed E-state index contributed by atoms with van der Waals surface area (Å²) >= 11 is 0. The van der Waals surface area contributed by atoms with Crippen LogP contribution in [-0.2, 0) is 24.1 Å². The monoisotopic (exact) mass is 335 g/mol. The summed E-state index contributed by atoms with van der Waals surface area (Å²) in [6, 6.07) is 8.53. The molecule has 2 aliphatic rings. The molecule has 2 aromatic rings. The quantitative estimate of drug-likeness (QED) is 0.918. The molecule has 1 heterocycles. The Balaban J connectivity index is 1.47. The lowest BCUT2D eigenvalue weighted by molar-refractivity contribution is -0.116. The Hall–Kier alpha value is -2.23. The molecule has 4 heteroatoms. The molecule has 0 radical (unpaired) electrons. The van der Waals surface area contributed by atoms with E-state index < -0.39 is 0 Å². The van der Waals surface area contributed by atoms with Crippen LogP contribution in [0.2, 0.25) is 0 Å². The summed E-state index contributed by atoms with van der Waals surface area (Å²) < 4.78 is 0. The summed E-state index contributed by atoms with van der Waals surface area (Å²) in [7, 11) is 0. The molecule has 0 saturated heterocycles. The Bertz CT molecular complexity index is 800. The average molecular weight is 335 g/mol. The van der Waals surface area contributed by atoms with Crippen LogP contribution in [0, 0.1) is 6.92 Å². The number of rotatable bonds is 3. The molecule has 0 aliphatic heterocycles. The van der Waals surface area contributed by atoms with E-state index in [-0.39, 0.29) is 5.91 Å². The number of benzene rings is 1. The fraction of sp³-hybridized carbons (Fsp3) is 0.476. The van der Waals surface area contributed by atoms with Gasteiger partial charge in [-0.05, 0) is 74.5 Å². The van der Waals surface area contributed by atoms with E-state index in [9.17, 15) is 4.79 Å². The van der Waals surface area contributed by atoms with Gasteiger partial charge >= 0.3 is 0 Å². The van der Waals surface area contributed by atoms with Crippen molar-refractivity contribution in [3.8, 4) is 0 Å². The van der Waals surface area contributed by atoms with Crippen LogP contribution in [0.25, 0.3) is 0 Å². The van der Waals surface area contributed by atoms with Crippen molar-refractivity contribution in [2.45, 2.75) is 64.2 Å². The Labute approximate surface area is 149 Å². The van der Waals surface area contributed by atoms with Crippen LogP contribution in [0.5, 0.6) is 0 Å². The van der Waals surface area contributed by atoms with Crippen molar-refractivity contribution in [2.24, 2.45) is 0 Å². The first-order valence-corrected chi connectivity index (χ1v) is 9.45. The zero-order chi connectivity index (χ0) is 17.2. The number of aromatic nitrogens is 2.